The number of hydrogen-bond donors (Lipinski definition) is 1. The first-order chi connectivity index (χ1) is 8.89. The maximum atomic E-state index is 11.8. The number of ether oxygens (including phenoxy) is 2. The van der Waals surface area contributed by atoms with Crippen LogP contribution < -0.4 is 14.8 Å². The fraction of sp³-hybridized carbons (Fsp3) is 0.533. The van der Waals surface area contributed by atoms with Gasteiger partial charge in [-0.05, 0) is 45.7 Å². The molecular weight excluding hydrogens is 242 g/mol. The van der Waals surface area contributed by atoms with Crippen LogP contribution in [0.3, 0.4) is 0 Å². The van der Waals surface area contributed by atoms with Gasteiger partial charge in [0.2, 0.25) is 0 Å². The third-order valence-electron chi connectivity index (χ3n) is 2.67. The molecule has 104 valence electrons. The van der Waals surface area contributed by atoms with Gasteiger partial charge in [-0.1, -0.05) is 0 Å². The van der Waals surface area contributed by atoms with E-state index in [0.717, 1.165) is 18.6 Å². The van der Waals surface area contributed by atoms with Gasteiger partial charge in [0.05, 0.1) is 11.7 Å². The molecule has 2 rings (SSSR count). The first kappa shape index (κ1) is 13.7. The summed E-state index contributed by atoms with van der Waals surface area (Å²) in [5, 5.41) is 2.62. The van der Waals surface area contributed by atoms with Crippen molar-refractivity contribution in [3.8, 4) is 11.5 Å². The Hall–Kier alpha value is -1.71. The lowest BCUT2D eigenvalue weighted by Gasteiger charge is -2.22. The highest BCUT2D eigenvalue weighted by Gasteiger charge is 2.26. The van der Waals surface area contributed by atoms with Crippen molar-refractivity contribution in [1.82, 2.24) is 5.32 Å². The molecule has 0 bridgehead atoms. The van der Waals surface area contributed by atoms with Gasteiger partial charge in [-0.25, -0.2) is 0 Å². The Bertz CT molecular complexity index is 473. The molecule has 0 aliphatic heterocycles. The van der Waals surface area contributed by atoms with Crippen LogP contribution >= 0.6 is 0 Å². The Morgan fingerprint density at radius 3 is 2.53 bits per heavy atom. The summed E-state index contributed by atoms with van der Waals surface area (Å²) in [4.78, 5) is 11.8. The van der Waals surface area contributed by atoms with Crippen molar-refractivity contribution in [3.05, 3.63) is 23.8 Å². The SMILES string of the molecule is CNC(=O)c1ccc(OC(C)(C)C)cc1OC1CC1. The molecular formula is C15H21NO3. The lowest BCUT2D eigenvalue weighted by Crippen LogP contribution is -2.23. The summed E-state index contributed by atoms with van der Waals surface area (Å²) < 4.78 is 11.6. The van der Waals surface area contributed by atoms with Crippen LogP contribution in [0, 0.1) is 0 Å². The minimum atomic E-state index is -0.272. The van der Waals surface area contributed by atoms with Gasteiger partial charge >= 0.3 is 0 Å². The summed E-state index contributed by atoms with van der Waals surface area (Å²) >= 11 is 0. The molecule has 1 amide bonds. The molecule has 1 aliphatic carbocycles. The van der Waals surface area contributed by atoms with Gasteiger partial charge in [0, 0.05) is 13.1 Å². The molecule has 0 radical (unpaired) electrons. The average molecular weight is 263 g/mol. The van der Waals surface area contributed by atoms with Crippen molar-refractivity contribution in [1.29, 1.82) is 0 Å². The van der Waals surface area contributed by atoms with E-state index >= 15 is 0 Å². The molecule has 0 atom stereocenters. The van der Waals surface area contributed by atoms with Gasteiger partial charge in [-0.3, -0.25) is 4.79 Å². The number of benzene rings is 1. The predicted molar refractivity (Wildman–Crippen MR) is 73.9 cm³/mol. The van der Waals surface area contributed by atoms with Crippen molar-refractivity contribution in [2.45, 2.75) is 45.3 Å². The molecule has 1 saturated carbocycles. The highest BCUT2D eigenvalue weighted by Crippen LogP contribution is 2.32. The van der Waals surface area contributed by atoms with E-state index in [1.165, 1.54) is 0 Å². The zero-order chi connectivity index (χ0) is 14.0. The first-order valence-electron chi connectivity index (χ1n) is 6.61. The Morgan fingerprint density at radius 2 is 2.00 bits per heavy atom. The summed E-state index contributed by atoms with van der Waals surface area (Å²) in [6.07, 6.45) is 2.35. The van der Waals surface area contributed by atoms with E-state index in [9.17, 15) is 4.79 Å². The van der Waals surface area contributed by atoms with E-state index in [2.05, 4.69) is 5.32 Å². The predicted octanol–water partition coefficient (Wildman–Crippen LogP) is 2.76. The Kier molecular flexibility index (Phi) is 3.69. The molecule has 1 aromatic carbocycles. The molecule has 1 N–H and O–H groups in total. The summed E-state index contributed by atoms with van der Waals surface area (Å²) in [6.45, 7) is 5.96. The molecule has 4 nitrogen and oxygen atoms in total. The Morgan fingerprint density at radius 1 is 1.32 bits per heavy atom. The maximum absolute atomic E-state index is 11.8. The van der Waals surface area contributed by atoms with Crippen LogP contribution in [0.2, 0.25) is 0 Å². The van der Waals surface area contributed by atoms with Gasteiger partial charge in [0.15, 0.2) is 0 Å². The van der Waals surface area contributed by atoms with Gasteiger partial charge in [0.1, 0.15) is 17.1 Å². The molecule has 0 spiro atoms. The molecule has 0 unspecified atom stereocenters. The minimum absolute atomic E-state index is 0.141. The fourth-order valence-corrected chi connectivity index (χ4v) is 1.70. The third kappa shape index (κ3) is 3.88. The van der Waals surface area contributed by atoms with Crippen LogP contribution in [0.15, 0.2) is 18.2 Å². The number of nitrogens with one attached hydrogen (secondary N) is 1. The third-order valence-corrected chi connectivity index (χ3v) is 2.67. The van der Waals surface area contributed by atoms with Crippen molar-refractivity contribution in [2.75, 3.05) is 7.05 Å². The number of carbonyl (C=O) groups is 1. The molecule has 1 aliphatic rings. The lowest BCUT2D eigenvalue weighted by atomic mass is 10.1. The summed E-state index contributed by atoms with van der Waals surface area (Å²) in [7, 11) is 1.61. The highest BCUT2D eigenvalue weighted by atomic mass is 16.5. The quantitative estimate of drug-likeness (QED) is 0.908. The van der Waals surface area contributed by atoms with Gasteiger partial charge < -0.3 is 14.8 Å². The second-order valence-electron chi connectivity index (χ2n) is 5.77. The van der Waals surface area contributed by atoms with Crippen LogP contribution in [0.1, 0.15) is 44.0 Å². The van der Waals surface area contributed by atoms with E-state index in [-0.39, 0.29) is 17.6 Å². The number of hydrogen-bond acceptors (Lipinski definition) is 3. The zero-order valence-corrected chi connectivity index (χ0v) is 11.9. The number of amides is 1. The van der Waals surface area contributed by atoms with Crippen molar-refractivity contribution in [2.24, 2.45) is 0 Å². The van der Waals surface area contributed by atoms with Crippen molar-refractivity contribution >= 4 is 5.91 Å². The summed E-state index contributed by atoms with van der Waals surface area (Å²) in [6, 6.07) is 5.35. The van der Waals surface area contributed by atoms with Gasteiger partial charge in [0.25, 0.3) is 5.91 Å². The van der Waals surface area contributed by atoms with E-state index in [1.807, 2.05) is 20.8 Å². The van der Waals surface area contributed by atoms with Crippen LogP contribution in [0.5, 0.6) is 11.5 Å². The Balaban J connectivity index is 2.26. The van der Waals surface area contributed by atoms with Crippen LogP contribution in [-0.2, 0) is 0 Å². The average Bonchev–Trinajstić information content (AvgIpc) is 3.10. The molecule has 0 aromatic heterocycles. The molecule has 1 aromatic rings. The second kappa shape index (κ2) is 5.11. The van der Waals surface area contributed by atoms with E-state index in [1.54, 1.807) is 25.2 Å². The van der Waals surface area contributed by atoms with E-state index in [0.29, 0.717) is 11.3 Å². The lowest BCUT2D eigenvalue weighted by molar-refractivity contribution is 0.0958. The standard InChI is InChI=1S/C15H21NO3/c1-15(2,3)19-11-7-8-12(14(17)16-4)13(9-11)18-10-5-6-10/h7-10H,5-6H2,1-4H3,(H,16,17). The second-order valence-corrected chi connectivity index (χ2v) is 5.77. The monoisotopic (exact) mass is 263 g/mol. The molecule has 0 saturated heterocycles. The van der Waals surface area contributed by atoms with Crippen LogP contribution in [0.25, 0.3) is 0 Å². The normalized spacial score (nSPS) is 14.9. The number of rotatable bonds is 4. The minimum Gasteiger partial charge on any atom is -0.489 e. The van der Waals surface area contributed by atoms with E-state index < -0.39 is 0 Å². The van der Waals surface area contributed by atoms with Crippen LogP contribution in [0.4, 0.5) is 0 Å². The summed E-state index contributed by atoms with van der Waals surface area (Å²) in [5.74, 6) is 1.18. The van der Waals surface area contributed by atoms with Gasteiger partial charge in [-0.2, -0.15) is 0 Å². The molecule has 19 heavy (non-hydrogen) atoms. The largest absolute Gasteiger partial charge is 0.489 e. The highest BCUT2D eigenvalue weighted by molar-refractivity contribution is 5.97. The fourth-order valence-electron chi connectivity index (χ4n) is 1.70. The number of carbonyl (C=O) groups excluding carboxylic acids is 1. The maximum Gasteiger partial charge on any atom is 0.254 e. The smallest absolute Gasteiger partial charge is 0.254 e. The van der Waals surface area contributed by atoms with Gasteiger partial charge in [-0.15, -0.1) is 0 Å². The molecule has 4 heteroatoms. The Labute approximate surface area is 114 Å². The zero-order valence-electron chi connectivity index (χ0n) is 11.9. The topological polar surface area (TPSA) is 47.6 Å². The van der Waals surface area contributed by atoms with E-state index in [4.69, 9.17) is 9.47 Å². The first-order valence-corrected chi connectivity index (χ1v) is 6.61. The molecule has 0 heterocycles. The molecule has 1 fully saturated rings. The summed E-state index contributed by atoms with van der Waals surface area (Å²) in [5.41, 5.74) is 0.279. The van der Waals surface area contributed by atoms with Crippen molar-refractivity contribution < 1.29 is 14.3 Å². The van der Waals surface area contributed by atoms with Crippen molar-refractivity contribution in [3.63, 3.8) is 0 Å². The van der Waals surface area contributed by atoms with Crippen LogP contribution in [-0.4, -0.2) is 24.7 Å².